The third-order valence-corrected chi connectivity index (χ3v) is 2.49. The fraction of sp³-hybridized carbons (Fsp3) is 0.333. The summed E-state index contributed by atoms with van der Waals surface area (Å²) in [5, 5.41) is 14.0. The first kappa shape index (κ1) is 10.8. The molecule has 1 aromatic heterocycles. The van der Waals surface area contributed by atoms with Crippen LogP contribution >= 0.6 is 0 Å². The quantitative estimate of drug-likeness (QED) is 0.836. The Morgan fingerprint density at radius 2 is 1.94 bits per heavy atom. The van der Waals surface area contributed by atoms with Crippen LogP contribution in [-0.2, 0) is 0 Å². The molecule has 0 unspecified atom stereocenters. The second-order valence-corrected chi connectivity index (χ2v) is 3.85. The number of rotatable bonds is 2. The number of hydrogen-bond acceptors (Lipinski definition) is 3. The van der Waals surface area contributed by atoms with Gasteiger partial charge in [-0.25, -0.2) is 9.67 Å². The molecule has 4 nitrogen and oxygen atoms in total. The van der Waals surface area contributed by atoms with E-state index in [-0.39, 0.29) is 0 Å². The minimum Gasteiger partial charge on any atom is -0.389 e. The lowest BCUT2D eigenvalue weighted by molar-refractivity contribution is 0.199. The van der Waals surface area contributed by atoms with E-state index >= 15 is 0 Å². The summed E-state index contributed by atoms with van der Waals surface area (Å²) in [6, 6.07) is 7.67. The van der Waals surface area contributed by atoms with Crippen molar-refractivity contribution >= 4 is 0 Å². The molecule has 1 heterocycles. The lowest BCUT2D eigenvalue weighted by Gasteiger charge is -2.12. The van der Waals surface area contributed by atoms with Crippen LogP contribution in [0.5, 0.6) is 0 Å². The second-order valence-electron chi connectivity index (χ2n) is 3.85. The summed E-state index contributed by atoms with van der Waals surface area (Å²) in [5.41, 5.74) is 1.74. The zero-order valence-corrected chi connectivity index (χ0v) is 9.68. The number of aryl methyl sites for hydroxylation is 2. The van der Waals surface area contributed by atoms with E-state index in [1.54, 1.807) is 11.6 Å². The normalized spacial score (nSPS) is 12.8. The number of aliphatic hydroxyl groups excluding tert-OH is 1. The molecule has 1 aromatic carbocycles. The van der Waals surface area contributed by atoms with Gasteiger partial charge in [-0.05, 0) is 26.8 Å². The van der Waals surface area contributed by atoms with Crippen molar-refractivity contribution in [1.29, 1.82) is 0 Å². The maximum absolute atomic E-state index is 9.70. The monoisotopic (exact) mass is 217 g/mol. The Kier molecular flexibility index (Phi) is 2.75. The molecule has 0 saturated heterocycles. The molecule has 1 N–H and O–H groups in total. The smallest absolute Gasteiger partial charge is 0.148 e. The van der Waals surface area contributed by atoms with Crippen molar-refractivity contribution in [3.63, 3.8) is 0 Å². The van der Waals surface area contributed by atoms with Gasteiger partial charge in [0.25, 0.3) is 0 Å². The summed E-state index contributed by atoms with van der Waals surface area (Å²) in [5.74, 6) is 1.56. The van der Waals surface area contributed by atoms with E-state index in [1.807, 2.05) is 38.1 Å². The van der Waals surface area contributed by atoms with Gasteiger partial charge in [0.05, 0.1) is 11.8 Å². The summed E-state index contributed by atoms with van der Waals surface area (Å²) in [4.78, 5) is 4.26. The highest BCUT2D eigenvalue weighted by atomic mass is 16.3. The second kappa shape index (κ2) is 4.06. The van der Waals surface area contributed by atoms with Crippen molar-refractivity contribution in [1.82, 2.24) is 14.8 Å². The van der Waals surface area contributed by atoms with E-state index < -0.39 is 6.10 Å². The van der Waals surface area contributed by atoms with E-state index in [1.165, 1.54) is 0 Å². The van der Waals surface area contributed by atoms with Gasteiger partial charge in [-0.2, -0.15) is 5.10 Å². The number of aliphatic hydroxyl groups is 1. The predicted octanol–water partition coefficient (Wildman–Crippen LogP) is 1.94. The minimum absolute atomic E-state index is 0.514. The Hall–Kier alpha value is -1.68. The minimum atomic E-state index is -0.514. The molecule has 0 bridgehead atoms. The van der Waals surface area contributed by atoms with E-state index in [2.05, 4.69) is 10.1 Å². The van der Waals surface area contributed by atoms with Gasteiger partial charge in [0.15, 0.2) is 0 Å². The van der Waals surface area contributed by atoms with Crippen molar-refractivity contribution in [2.24, 2.45) is 0 Å². The van der Waals surface area contributed by atoms with Crippen LogP contribution in [0.4, 0.5) is 0 Å². The predicted molar refractivity (Wildman–Crippen MR) is 61.5 cm³/mol. The molecule has 2 rings (SSSR count). The summed E-state index contributed by atoms with van der Waals surface area (Å²) in [6.45, 7) is 5.51. The number of hydrogen-bond donors (Lipinski definition) is 1. The molecule has 0 spiro atoms. The van der Waals surface area contributed by atoms with Gasteiger partial charge >= 0.3 is 0 Å². The van der Waals surface area contributed by atoms with E-state index in [0.717, 1.165) is 22.9 Å². The first-order chi connectivity index (χ1) is 7.59. The zero-order chi connectivity index (χ0) is 11.7. The SMILES string of the molecule is Cc1nc(C)n(-c2ccccc2[C@H](C)O)n1. The van der Waals surface area contributed by atoms with E-state index in [9.17, 15) is 5.11 Å². The number of aromatic nitrogens is 3. The lowest BCUT2D eigenvalue weighted by Crippen LogP contribution is -2.05. The fourth-order valence-corrected chi connectivity index (χ4v) is 1.78. The highest BCUT2D eigenvalue weighted by Crippen LogP contribution is 2.21. The van der Waals surface area contributed by atoms with Crippen LogP contribution in [0.2, 0.25) is 0 Å². The van der Waals surface area contributed by atoms with Crippen molar-refractivity contribution < 1.29 is 5.11 Å². The van der Waals surface area contributed by atoms with Crippen molar-refractivity contribution in [2.45, 2.75) is 26.9 Å². The molecule has 0 aliphatic heterocycles. The van der Waals surface area contributed by atoms with Crippen molar-refractivity contribution in [2.75, 3.05) is 0 Å². The van der Waals surface area contributed by atoms with Gasteiger partial charge in [0.2, 0.25) is 0 Å². The lowest BCUT2D eigenvalue weighted by atomic mass is 10.1. The maximum atomic E-state index is 9.70. The van der Waals surface area contributed by atoms with Crippen LogP contribution < -0.4 is 0 Å². The molecule has 0 aliphatic carbocycles. The Labute approximate surface area is 94.6 Å². The molecule has 0 saturated carbocycles. The molecule has 2 aromatic rings. The van der Waals surface area contributed by atoms with Gasteiger partial charge < -0.3 is 5.11 Å². The average molecular weight is 217 g/mol. The largest absolute Gasteiger partial charge is 0.389 e. The highest BCUT2D eigenvalue weighted by Gasteiger charge is 2.12. The van der Waals surface area contributed by atoms with Gasteiger partial charge in [-0.1, -0.05) is 18.2 Å². The summed E-state index contributed by atoms with van der Waals surface area (Å²) >= 11 is 0. The topological polar surface area (TPSA) is 50.9 Å². The first-order valence-corrected chi connectivity index (χ1v) is 5.27. The van der Waals surface area contributed by atoms with Gasteiger partial charge in [0.1, 0.15) is 11.6 Å². The van der Waals surface area contributed by atoms with Gasteiger partial charge in [0, 0.05) is 5.56 Å². The summed E-state index contributed by atoms with van der Waals surface area (Å²) < 4.78 is 1.76. The fourth-order valence-electron chi connectivity index (χ4n) is 1.78. The van der Waals surface area contributed by atoms with Gasteiger partial charge in [-0.3, -0.25) is 0 Å². The Balaban J connectivity index is 2.59. The van der Waals surface area contributed by atoms with Crippen LogP contribution in [0.25, 0.3) is 5.69 Å². The molecule has 0 amide bonds. The molecule has 0 fully saturated rings. The zero-order valence-electron chi connectivity index (χ0n) is 9.68. The van der Waals surface area contributed by atoms with Crippen molar-refractivity contribution in [3.8, 4) is 5.69 Å². The number of benzene rings is 1. The molecule has 84 valence electrons. The van der Waals surface area contributed by atoms with Crippen molar-refractivity contribution in [3.05, 3.63) is 41.5 Å². The molecule has 0 radical (unpaired) electrons. The number of nitrogens with zero attached hydrogens (tertiary/aromatic N) is 3. The highest BCUT2D eigenvalue weighted by molar-refractivity contribution is 5.42. The maximum Gasteiger partial charge on any atom is 0.148 e. The van der Waals surface area contributed by atoms with Crippen LogP contribution in [0.3, 0.4) is 0 Å². The Bertz CT molecular complexity index is 503. The molecule has 1 atom stereocenters. The van der Waals surface area contributed by atoms with Gasteiger partial charge in [-0.15, -0.1) is 0 Å². The van der Waals surface area contributed by atoms with E-state index in [0.29, 0.717) is 0 Å². The summed E-state index contributed by atoms with van der Waals surface area (Å²) in [7, 11) is 0. The standard InChI is InChI=1S/C12H15N3O/c1-8(16)11-6-4-5-7-12(11)15-10(3)13-9(2)14-15/h4-8,16H,1-3H3/t8-/m0/s1. The van der Waals surface area contributed by atoms with Crippen LogP contribution in [-0.4, -0.2) is 19.9 Å². The Morgan fingerprint density at radius 1 is 1.25 bits per heavy atom. The third kappa shape index (κ3) is 1.84. The molecule has 0 aliphatic rings. The molecule has 4 heteroatoms. The van der Waals surface area contributed by atoms with Crippen LogP contribution in [0, 0.1) is 13.8 Å². The summed E-state index contributed by atoms with van der Waals surface area (Å²) in [6.07, 6.45) is -0.514. The first-order valence-electron chi connectivity index (χ1n) is 5.27. The number of para-hydroxylation sites is 1. The third-order valence-electron chi connectivity index (χ3n) is 2.49. The van der Waals surface area contributed by atoms with Crippen LogP contribution in [0.1, 0.15) is 30.2 Å². The van der Waals surface area contributed by atoms with Crippen LogP contribution in [0.15, 0.2) is 24.3 Å². The van der Waals surface area contributed by atoms with E-state index in [4.69, 9.17) is 0 Å². The molecule has 16 heavy (non-hydrogen) atoms. The molecular weight excluding hydrogens is 202 g/mol. The Morgan fingerprint density at radius 3 is 2.50 bits per heavy atom. The molecular formula is C12H15N3O. The average Bonchev–Trinajstić information content (AvgIpc) is 2.57.